The van der Waals surface area contributed by atoms with Crippen LogP contribution in [0.3, 0.4) is 0 Å². The van der Waals surface area contributed by atoms with Crippen molar-refractivity contribution < 1.29 is 19.2 Å². The highest BCUT2D eigenvalue weighted by Crippen LogP contribution is 2.26. The van der Waals surface area contributed by atoms with E-state index < -0.39 is 23.4 Å². The molecule has 0 aromatic heterocycles. The maximum atomic E-state index is 11.9. The Bertz CT molecular complexity index is 854. The maximum Gasteiger partial charge on any atom is 0.340 e. The molecule has 130 valence electrons. The quantitative estimate of drug-likeness (QED) is 0.478. The number of esters is 1. The number of aryl methyl sites for hydroxylation is 1. The molecule has 7 nitrogen and oxygen atoms in total. The van der Waals surface area contributed by atoms with E-state index in [0.29, 0.717) is 11.3 Å². The minimum absolute atomic E-state index is 0.0424. The second-order valence-corrected chi connectivity index (χ2v) is 5.77. The Hall–Kier alpha value is -2.64. The van der Waals surface area contributed by atoms with E-state index in [2.05, 4.69) is 5.32 Å². The molecule has 0 spiro atoms. The number of benzene rings is 2. The van der Waals surface area contributed by atoms with Crippen LogP contribution >= 0.6 is 23.2 Å². The van der Waals surface area contributed by atoms with Crippen molar-refractivity contribution in [2.24, 2.45) is 0 Å². The third-order valence-electron chi connectivity index (χ3n) is 3.20. The predicted octanol–water partition coefficient (Wildman–Crippen LogP) is 4.01. The molecular formula is C16H12Cl2N2O5. The van der Waals surface area contributed by atoms with Gasteiger partial charge in [-0.1, -0.05) is 29.3 Å². The van der Waals surface area contributed by atoms with Crippen LogP contribution in [0.25, 0.3) is 0 Å². The SMILES string of the molecule is Cc1cc([N+](=O)[O-])ccc1NC(=O)COC(=O)c1cccc(Cl)c1Cl. The lowest BCUT2D eigenvalue weighted by Gasteiger charge is -2.09. The Morgan fingerprint density at radius 2 is 1.96 bits per heavy atom. The monoisotopic (exact) mass is 382 g/mol. The fraction of sp³-hybridized carbons (Fsp3) is 0.125. The highest BCUT2D eigenvalue weighted by Gasteiger charge is 2.16. The van der Waals surface area contributed by atoms with Gasteiger partial charge in [0.25, 0.3) is 11.6 Å². The third-order valence-corrected chi connectivity index (χ3v) is 4.02. The summed E-state index contributed by atoms with van der Waals surface area (Å²) < 4.78 is 4.90. The summed E-state index contributed by atoms with van der Waals surface area (Å²) in [5.74, 6) is -1.38. The molecule has 0 aliphatic heterocycles. The van der Waals surface area contributed by atoms with Gasteiger partial charge in [-0.2, -0.15) is 0 Å². The average Bonchev–Trinajstić information content (AvgIpc) is 2.56. The summed E-state index contributed by atoms with van der Waals surface area (Å²) in [5.41, 5.74) is 0.852. The van der Waals surface area contributed by atoms with E-state index in [9.17, 15) is 19.7 Å². The molecule has 0 fully saturated rings. The van der Waals surface area contributed by atoms with Crippen LogP contribution in [-0.2, 0) is 9.53 Å². The molecule has 0 saturated heterocycles. The number of carbonyl (C=O) groups is 2. The second kappa shape index (κ2) is 7.96. The Morgan fingerprint density at radius 3 is 2.60 bits per heavy atom. The van der Waals surface area contributed by atoms with Gasteiger partial charge in [-0.25, -0.2) is 4.79 Å². The molecule has 0 atom stereocenters. The van der Waals surface area contributed by atoms with Crippen molar-refractivity contribution in [3.63, 3.8) is 0 Å². The number of nitrogens with one attached hydrogen (secondary N) is 1. The lowest BCUT2D eigenvalue weighted by atomic mass is 10.2. The van der Waals surface area contributed by atoms with E-state index in [1.807, 2.05) is 0 Å². The molecule has 25 heavy (non-hydrogen) atoms. The number of nitrogens with zero attached hydrogens (tertiary/aromatic N) is 1. The molecule has 0 aliphatic rings. The van der Waals surface area contributed by atoms with Crippen molar-refractivity contribution in [3.05, 3.63) is 67.7 Å². The van der Waals surface area contributed by atoms with Crippen LogP contribution in [-0.4, -0.2) is 23.4 Å². The summed E-state index contributed by atoms with van der Waals surface area (Å²) in [6, 6.07) is 8.47. The minimum Gasteiger partial charge on any atom is -0.452 e. The molecule has 0 heterocycles. The van der Waals surface area contributed by atoms with Gasteiger partial charge in [0, 0.05) is 17.8 Å². The number of halogens is 2. The van der Waals surface area contributed by atoms with Crippen molar-refractivity contribution in [1.82, 2.24) is 0 Å². The maximum absolute atomic E-state index is 11.9. The molecule has 0 aliphatic carbocycles. The van der Waals surface area contributed by atoms with E-state index in [1.54, 1.807) is 6.92 Å². The average molecular weight is 383 g/mol. The molecule has 0 bridgehead atoms. The van der Waals surface area contributed by atoms with Crippen LogP contribution < -0.4 is 5.32 Å². The van der Waals surface area contributed by atoms with Gasteiger partial charge in [-0.15, -0.1) is 0 Å². The first-order valence-electron chi connectivity index (χ1n) is 6.95. The molecule has 0 unspecified atom stereocenters. The van der Waals surface area contributed by atoms with Gasteiger partial charge < -0.3 is 10.1 Å². The van der Waals surface area contributed by atoms with Gasteiger partial charge in [0.1, 0.15) is 0 Å². The third kappa shape index (κ3) is 4.68. The number of anilines is 1. The summed E-state index contributed by atoms with van der Waals surface area (Å²) in [5, 5.41) is 13.4. The topological polar surface area (TPSA) is 98.5 Å². The zero-order chi connectivity index (χ0) is 18.6. The van der Waals surface area contributed by atoms with Crippen LogP contribution in [0.5, 0.6) is 0 Å². The summed E-state index contributed by atoms with van der Waals surface area (Å²) in [6.07, 6.45) is 0. The van der Waals surface area contributed by atoms with Crippen molar-refractivity contribution in [2.75, 3.05) is 11.9 Å². The highest BCUT2D eigenvalue weighted by atomic mass is 35.5. The fourth-order valence-corrected chi connectivity index (χ4v) is 2.34. The lowest BCUT2D eigenvalue weighted by molar-refractivity contribution is -0.384. The van der Waals surface area contributed by atoms with E-state index in [1.165, 1.54) is 36.4 Å². The number of hydrogen-bond acceptors (Lipinski definition) is 5. The van der Waals surface area contributed by atoms with Gasteiger partial charge in [0.15, 0.2) is 6.61 Å². The predicted molar refractivity (Wildman–Crippen MR) is 93.2 cm³/mol. The van der Waals surface area contributed by atoms with Crippen LogP contribution in [0.4, 0.5) is 11.4 Å². The van der Waals surface area contributed by atoms with Crippen LogP contribution in [0, 0.1) is 17.0 Å². The van der Waals surface area contributed by atoms with Gasteiger partial charge >= 0.3 is 5.97 Å². The minimum atomic E-state index is -0.789. The van der Waals surface area contributed by atoms with Crippen LogP contribution in [0.2, 0.25) is 10.0 Å². The summed E-state index contributed by atoms with van der Waals surface area (Å²) >= 11 is 11.7. The molecule has 2 aromatic carbocycles. The number of rotatable bonds is 5. The van der Waals surface area contributed by atoms with Crippen molar-refractivity contribution in [2.45, 2.75) is 6.92 Å². The van der Waals surface area contributed by atoms with Crippen LogP contribution in [0.15, 0.2) is 36.4 Å². The number of ether oxygens (including phenoxy) is 1. The molecule has 1 N–H and O–H groups in total. The highest BCUT2D eigenvalue weighted by molar-refractivity contribution is 6.43. The van der Waals surface area contributed by atoms with E-state index in [0.717, 1.165) is 0 Å². The van der Waals surface area contributed by atoms with Crippen molar-refractivity contribution >= 4 is 46.5 Å². The summed E-state index contributed by atoms with van der Waals surface area (Å²) in [7, 11) is 0. The number of hydrogen-bond donors (Lipinski definition) is 1. The molecule has 9 heteroatoms. The zero-order valence-electron chi connectivity index (χ0n) is 12.9. The largest absolute Gasteiger partial charge is 0.452 e. The van der Waals surface area contributed by atoms with Crippen LogP contribution in [0.1, 0.15) is 15.9 Å². The van der Waals surface area contributed by atoms with E-state index in [4.69, 9.17) is 27.9 Å². The van der Waals surface area contributed by atoms with Gasteiger partial charge in [-0.05, 0) is 30.7 Å². The Balaban J connectivity index is 1.98. The number of nitro groups is 1. The Morgan fingerprint density at radius 1 is 1.24 bits per heavy atom. The van der Waals surface area contributed by atoms with E-state index in [-0.39, 0.29) is 21.3 Å². The fourth-order valence-electron chi connectivity index (χ4n) is 1.96. The van der Waals surface area contributed by atoms with Crippen molar-refractivity contribution in [3.8, 4) is 0 Å². The summed E-state index contributed by atoms with van der Waals surface area (Å²) in [6.45, 7) is 1.07. The molecule has 2 aromatic rings. The molecule has 1 amide bonds. The Labute approximate surface area is 152 Å². The number of amides is 1. The number of non-ortho nitro benzene ring substituents is 1. The number of carbonyl (C=O) groups excluding carboxylic acids is 2. The lowest BCUT2D eigenvalue weighted by Crippen LogP contribution is -2.21. The number of nitro benzene ring substituents is 1. The van der Waals surface area contributed by atoms with E-state index >= 15 is 0 Å². The van der Waals surface area contributed by atoms with Gasteiger partial charge in [0.05, 0.1) is 20.5 Å². The smallest absolute Gasteiger partial charge is 0.340 e. The molecule has 2 rings (SSSR count). The first-order chi connectivity index (χ1) is 11.8. The first kappa shape index (κ1) is 18.7. The Kier molecular flexibility index (Phi) is 5.95. The summed E-state index contributed by atoms with van der Waals surface area (Å²) in [4.78, 5) is 34.0. The van der Waals surface area contributed by atoms with Gasteiger partial charge in [0.2, 0.25) is 0 Å². The standard InChI is InChI=1S/C16H12Cl2N2O5/c1-9-7-10(20(23)24)5-6-13(9)19-14(21)8-25-16(22)11-3-2-4-12(17)15(11)18/h2-7H,8H2,1H3,(H,19,21). The van der Waals surface area contributed by atoms with Crippen molar-refractivity contribution in [1.29, 1.82) is 0 Å². The zero-order valence-corrected chi connectivity index (χ0v) is 14.4. The first-order valence-corrected chi connectivity index (χ1v) is 7.71. The normalized spacial score (nSPS) is 10.2. The second-order valence-electron chi connectivity index (χ2n) is 4.98. The molecule has 0 radical (unpaired) electrons. The molecular weight excluding hydrogens is 371 g/mol. The van der Waals surface area contributed by atoms with Gasteiger partial charge in [-0.3, -0.25) is 14.9 Å². The molecule has 0 saturated carbocycles.